The second-order valence-electron chi connectivity index (χ2n) is 4.34. The van der Waals surface area contributed by atoms with E-state index in [0.29, 0.717) is 18.0 Å². The molecule has 2 rings (SSSR count). The van der Waals surface area contributed by atoms with Gasteiger partial charge >= 0.3 is 0 Å². The van der Waals surface area contributed by atoms with Gasteiger partial charge in [0.25, 0.3) is 5.91 Å². The predicted molar refractivity (Wildman–Crippen MR) is 69.0 cm³/mol. The molecule has 1 heterocycles. The van der Waals surface area contributed by atoms with E-state index < -0.39 is 0 Å². The maximum absolute atomic E-state index is 11.9. The van der Waals surface area contributed by atoms with Gasteiger partial charge in [0.05, 0.1) is 5.69 Å². The third-order valence-corrected chi connectivity index (χ3v) is 2.98. The van der Waals surface area contributed by atoms with Gasteiger partial charge in [0, 0.05) is 24.3 Å². The van der Waals surface area contributed by atoms with Crippen molar-refractivity contribution in [3.63, 3.8) is 0 Å². The van der Waals surface area contributed by atoms with Crippen LogP contribution in [0.2, 0.25) is 0 Å². The van der Waals surface area contributed by atoms with E-state index in [9.17, 15) is 4.79 Å². The summed E-state index contributed by atoms with van der Waals surface area (Å²) in [5, 5.41) is 3.00. The van der Waals surface area contributed by atoms with Crippen molar-refractivity contribution in [3.05, 3.63) is 29.6 Å². The first-order chi connectivity index (χ1) is 7.70. The number of aromatic nitrogens is 1. The molecule has 1 aliphatic rings. The van der Waals surface area contributed by atoms with Crippen LogP contribution in [-0.4, -0.2) is 16.9 Å². The third kappa shape index (κ3) is 3.68. The Morgan fingerprint density at radius 3 is 2.94 bits per heavy atom. The molecule has 5 heteroatoms. The lowest BCUT2D eigenvalue weighted by Gasteiger charge is -2.12. The van der Waals surface area contributed by atoms with Gasteiger partial charge in [-0.25, -0.2) is 0 Å². The van der Waals surface area contributed by atoms with Gasteiger partial charge in [0.1, 0.15) is 0 Å². The van der Waals surface area contributed by atoms with Crippen LogP contribution in [0.3, 0.4) is 0 Å². The largest absolute Gasteiger partial charge is 0.349 e. The lowest BCUT2D eigenvalue weighted by Crippen LogP contribution is -2.34. The van der Waals surface area contributed by atoms with Gasteiger partial charge in [-0.1, -0.05) is 0 Å². The minimum atomic E-state index is -0.0310. The Morgan fingerprint density at radius 2 is 2.35 bits per heavy atom. The fraction of sp³-hybridized carbons (Fsp3) is 0.500. The van der Waals surface area contributed by atoms with E-state index in [1.165, 1.54) is 12.8 Å². The van der Waals surface area contributed by atoms with Gasteiger partial charge < -0.3 is 11.1 Å². The molecule has 1 aromatic heterocycles. The lowest BCUT2D eigenvalue weighted by atomic mass is 10.1. The number of halogens is 1. The van der Waals surface area contributed by atoms with Crippen LogP contribution in [0.4, 0.5) is 0 Å². The number of carbonyl (C=O) groups excluding carboxylic acids is 1. The molecule has 0 aromatic carbocycles. The fourth-order valence-corrected chi connectivity index (χ4v) is 1.74. The second-order valence-corrected chi connectivity index (χ2v) is 4.34. The molecular formula is C12H18ClN3O. The van der Waals surface area contributed by atoms with E-state index in [4.69, 9.17) is 5.73 Å². The molecule has 4 nitrogen and oxygen atoms in total. The Labute approximate surface area is 107 Å². The molecular weight excluding hydrogens is 238 g/mol. The lowest BCUT2D eigenvalue weighted by molar-refractivity contribution is 0.0935. The Bertz CT molecular complexity index is 393. The van der Waals surface area contributed by atoms with Crippen molar-refractivity contribution in [3.8, 4) is 0 Å². The molecule has 0 radical (unpaired) electrons. The Hall–Kier alpha value is -1.13. The first-order valence-corrected chi connectivity index (χ1v) is 5.66. The zero-order chi connectivity index (χ0) is 11.5. The molecule has 0 aliphatic heterocycles. The van der Waals surface area contributed by atoms with Gasteiger partial charge in [-0.2, -0.15) is 0 Å². The highest BCUT2D eigenvalue weighted by molar-refractivity contribution is 5.94. The molecule has 1 atom stereocenters. The first kappa shape index (κ1) is 13.9. The molecule has 1 unspecified atom stereocenters. The summed E-state index contributed by atoms with van der Waals surface area (Å²) in [7, 11) is 0. The van der Waals surface area contributed by atoms with Gasteiger partial charge in [-0.15, -0.1) is 12.4 Å². The molecule has 1 amide bonds. The maximum atomic E-state index is 11.9. The second kappa shape index (κ2) is 5.98. The van der Waals surface area contributed by atoms with Crippen LogP contribution in [0.15, 0.2) is 18.3 Å². The number of hydrogen-bond acceptors (Lipinski definition) is 3. The smallest absolute Gasteiger partial charge is 0.251 e. The molecule has 1 saturated carbocycles. The van der Waals surface area contributed by atoms with Crippen molar-refractivity contribution in [2.75, 3.05) is 0 Å². The van der Waals surface area contributed by atoms with E-state index in [1.807, 2.05) is 0 Å². The molecule has 1 aliphatic carbocycles. The molecule has 3 N–H and O–H groups in total. The highest BCUT2D eigenvalue weighted by Gasteiger charge is 2.29. The summed E-state index contributed by atoms with van der Waals surface area (Å²) in [5.41, 5.74) is 6.87. The highest BCUT2D eigenvalue weighted by Crippen LogP contribution is 2.32. The Balaban J connectivity index is 0.00000144. The Morgan fingerprint density at radius 1 is 1.65 bits per heavy atom. The van der Waals surface area contributed by atoms with E-state index in [1.54, 1.807) is 18.3 Å². The summed E-state index contributed by atoms with van der Waals surface area (Å²) in [6, 6.07) is 3.73. The van der Waals surface area contributed by atoms with Crippen LogP contribution >= 0.6 is 12.4 Å². The molecule has 0 saturated heterocycles. The summed E-state index contributed by atoms with van der Waals surface area (Å²) in [4.78, 5) is 15.9. The van der Waals surface area contributed by atoms with Crippen LogP contribution in [0.5, 0.6) is 0 Å². The van der Waals surface area contributed by atoms with Crippen molar-refractivity contribution in [1.82, 2.24) is 10.3 Å². The monoisotopic (exact) mass is 255 g/mol. The number of rotatable bonds is 4. The summed E-state index contributed by atoms with van der Waals surface area (Å²) in [6.07, 6.45) is 4.08. The van der Waals surface area contributed by atoms with E-state index in [0.717, 1.165) is 5.69 Å². The minimum Gasteiger partial charge on any atom is -0.349 e. The number of hydrogen-bond donors (Lipinski definition) is 2. The van der Waals surface area contributed by atoms with E-state index in [2.05, 4.69) is 17.2 Å². The van der Waals surface area contributed by atoms with Crippen molar-refractivity contribution < 1.29 is 4.79 Å². The van der Waals surface area contributed by atoms with Gasteiger partial charge in [0.2, 0.25) is 0 Å². The normalized spacial score (nSPS) is 15.9. The van der Waals surface area contributed by atoms with Crippen LogP contribution in [0.25, 0.3) is 0 Å². The van der Waals surface area contributed by atoms with Crippen molar-refractivity contribution in [1.29, 1.82) is 0 Å². The van der Waals surface area contributed by atoms with Crippen LogP contribution in [-0.2, 0) is 6.54 Å². The number of pyridine rings is 1. The molecule has 1 aromatic rings. The highest BCUT2D eigenvalue weighted by atomic mass is 35.5. The fourth-order valence-electron chi connectivity index (χ4n) is 1.74. The van der Waals surface area contributed by atoms with Gasteiger partial charge in [-0.05, 0) is 37.8 Å². The number of nitrogens with two attached hydrogens (primary N) is 1. The van der Waals surface area contributed by atoms with Crippen molar-refractivity contribution in [2.45, 2.75) is 32.4 Å². The summed E-state index contributed by atoms with van der Waals surface area (Å²) in [5.74, 6) is 0.635. The molecule has 0 spiro atoms. The van der Waals surface area contributed by atoms with Crippen LogP contribution < -0.4 is 11.1 Å². The number of nitrogens with zero attached hydrogens (tertiary/aromatic N) is 1. The predicted octanol–water partition coefficient (Wildman–Crippen LogP) is 1.49. The summed E-state index contributed by atoms with van der Waals surface area (Å²) < 4.78 is 0. The summed E-state index contributed by atoms with van der Waals surface area (Å²) >= 11 is 0. The molecule has 94 valence electrons. The van der Waals surface area contributed by atoms with Crippen molar-refractivity contribution >= 4 is 18.3 Å². The first-order valence-electron chi connectivity index (χ1n) is 5.66. The van der Waals surface area contributed by atoms with E-state index in [-0.39, 0.29) is 24.4 Å². The molecule has 1 fully saturated rings. The number of amides is 1. The zero-order valence-corrected chi connectivity index (χ0v) is 10.7. The zero-order valence-electron chi connectivity index (χ0n) is 9.85. The van der Waals surface area contributed by atoms with Crippen LogP contribution in [0, 0.1) is 5.92 Å². The van der Waals surface area contributed by atoms with Gasteiger partial charge in [0.15, 0.2) is 0 Å². The van der Waals surface area contributed by atoms with Gasteiger partial charge in [-0.3, -0.25) is 9.78 Å². The topological polar surface area (TPSA) is 68.0 Å². The number of carbonyl (C=O) groups is 1. The SMILES string of the molecule is CC(NC(=O)c1ccnc(CN)c1)C1CC1.Cl. The molecule has 17 heavy (non-hydrogen) atoms. The number of nitrogens with one attached hydrogen (secondary N) is 1. The Kier molecular flexibility index (Phi) is 4.90. The van der Waals surface area contributed by atoms with Crippen LogP contribution in [0.1, 0.15) is 35.8 Å². The average molecular weight is 256 g/mol. The summed E-state index contributed by atoms with van der Waals surface area (Å²) in [6.45, 7) is 2.42. The maximum Gasteiger partial charge on any atom is 0.251 e. The standard InChI is InChI=1S/C12H17N3O.ClH/c1-8(9-2-3-9)15-12(16)10-4-5-14-11(6-10)7-13;/h4-6,8-9H,2-3,7,13H2,1H3,(H,15,16);1H. The van der Waals surface area contributed by atoms with Crippen molar-refractivity contribution in [2.24, 2.45) is 11.7 Å². The van der Waals surface area contributed by atoms with E-state index >= 15 is 0 Å². The minimum absolute atomic E-state index is 0. The average Bonchev–Trinajstić information content (AvgIpc) is 3.13. The quantitative estimate of drug-likeness (QED) is 0.857. The third-order valence-electron chi connectivity index (χ3n) is 2.98. The molecule has 0 bridgehead atoms.